The number of amidine groups is 1. The first-order valence-electron chi connectivity index (χ1n) is 5.57. The van der Waals surface area contributed by atoms with Gasteiger partial charge in [-0.2, -0.15) is 0 Å². The molecular formula is C14H12ClFN2O. The summed E-state index contributed by atoms with van der Waals surface area (Å²) in [5, 5.41) is 7.35. The van der Waals surface area contributed by atoms with E-state index >= 15 is 0 Å². The van der Waals surface area contributed by atoms with Gasteiger partial charge in [0.2, 0.25) is 0 Å². The van der Waals surface area contributed by atoms with Crippen LogP contribution in [0.1, 0.15) is 11.1 Å². The minimum atomic E-state index is -0.508. The highest BCUT2D eigenvalue weighted by Gasteiger charge is 2.02. The molecule has 0 aromatic heterocycles. The minimum absolute atomic E-state index is 0.0206. The van der Waals surface area contributed by atoms with E-state index in [-0.39, 0.29) is 10.9 Å². The summed E-state index contributed by atoms with van der Waals surface area (Å²) in [6.07, 6.45) is 0. The average Bonchev–Trinajstić information content (AvgIpc) is 2.40. The second-order valence-corrected chi connectivity index (χ2v) is 4.38. The summed E-state index contributed by atoms with van der Waals surface area (Å²) in [7, 11) is 0. The second kappa shape index (κ2) is 5.71. The summed E-state index contributed by atoms with van der Waals surface area (Å²) >= 11 is 5.58. The molecule has 2 rings (SSSR count). The molecule has 0 radical (unpaired) electrons. The van der Waals surface area contributed by atoms with E-state index in [1.54, 1.807) is 18.2 Å². The normalized spacial score (nSPS) is 10.2. The van der Waals surface area contributed by atoms with Crippen molar-refractivity contribution in [3.8, 4) is 5.75 Å². The number of nitrogen functional groups attached to an aromatic ring is 1. The van der Waals surface area contributed by atoms with Crippen molar-refractivity contribution in [1.82, 2.24) is 0 Å². The number of nitrogens with one attached hydrogen (secondary N) is 1. The number of hydrogen-bond acceptors (Lipinski definition) is 2. The minimum Gasteiger partial charge on any atom is -0.489 e. The highest BCUT2D eigenvalue weighted by atomic mass is 35.5. The van der Waals surface area contributed by atoms with Crippen molar-refractivity contribution in [3.05, 3.63) is 64.4 Å². The van der Waals surface area contributed by atoms with Crippen LogP contribution in [0.4, 0.5) is 4.39 Å². The van der Waals surface area contributed by atoms with Crippen LogP contribution in [0, 0.1) is 11.2 Å². The highest BCUT2D eigenvalue weighted by Crippen LogP contribution is 2.21. The van der Waals surface area contributed by atoms with Crippen LogP contribution in [-0.2, 0) is 6.61 Å². The number of benzene rings is 2. The summed E-state index contributed by atoms with van der Waals surface area (Å²) in [5.41, 5.74) is 6.91. The van der Waals surface area contributed by atoms with Gasteiger partial charge in [0, 0.05) is 11.6 Å². The molecule has 3 nitrogen and oxygen atoms in total. The maximum atomic E-state index is 13.2. The van der Waals surface area contributed by atoms with Gasteiger partial charge in [0.05, 0.1) is 5.02 Å². The van der Waals surface area contributed by atoms with Gasteiger partial charge >= 0.3 is 0 Å². The number of ether oxygens (including phenoxy) is 1. The fourth-order valence-electron chi connectivity index (χ4n) is 1.51. The molecule has 2 aromatic carbocycles. The van der Waals surface area contributed by atoms with E-state index < -0.39 is 5.82 Å². The summed E-state index contributed by atoms with van der Waals surface area (Å²) in [6.45, 7) is 0.305. The number of halogens is 2. The molecule has 0 unspecified atom stereocenters. The van der Waals surface area contributed by atoms with Crippen LogP contribution in [0.25, 0.3) is 0 Å². The molecule has 0 aliphatic heterocycles. The van der Waals surface area contributed by atoms with Crippen LogP contribution >= 0.6 is 11.6 Å². The van der Waals surface area contributed by atoms with Crippen LogP contribution in [0.3, 0.4) is 0 Å². The maximum Gasteiger partial charge on any atom is 0.145 e. The monoisotopic (exact) mass is 278 g/mol. The van der Waals surface area contributed by atoms with Crippen molar-refractivity contribution in [1.29, 1.82) is 5.41 Å². The standard InChI is InChI=1S/C14H12ClFN2O/c15-12-6-5-11(7-13(12)16)19-8-9-1-3-10(4-2-9)14(17)18/h1-7H,8H2,(H3,17,18). The molecule has 0 fully saturated rings. The van der Waals surface area contributed by atoms with Gasteiger partial charge in [0.15, 0.2) is 0 Å². The lowest BCUT2D eigenvalue weighted by atomic mass is 10.1. The van der Waals surface area contributed by atoms with Crippen molar-refractivity contribution in [3.63, 3.8) is 0 Å². The van der Waals surface area contributed by atoms with E-state index in [9.17, 15) is 4.39 Å². The Hall–Kier alpha value is -2.07. The summed E-state index contributed by atoms with van der Waals surface area (Å²) < 4.78 is 18.6. The Balaban J connectivity index is 2.01. The predicted molar refractivity (Wildman–Crippen MR) is 73.2 cm³/mol. The lowest BCUT2D eigenvalue weighted by Crippen LogP contribution is -2.10. The summed E-state index contributed by atoms with van der Waals surface area (Å²) in [6, 6.07) is 11.4. The van der Waals surface area contributed by atoms with Crippen LogP contribution in [0.5, 0.6) is 5.75 Å². The summed E-state index contributed by atoms with van der Waals surface area (Å²) in [4.78, 5) is 0. The van der Waals surface area contributed by atoms with E-state index in [1.807, 2.05) is 12.1 Å². The van der Waals surface area contributed by atoms with Gasteiger partial charge in [-0.1, -0.05) is 35.9 Å². The Bertz CT molecular complexity index is 599. The van der Waals surface area contributed by atoms with Gasteiger partial charge in [0.1, 0.15) is 24.0 Å². The van der Waals surface area contributed by atoms with Crippen molar-refractivity contribution >= 4 is 17.4 Å². The molecule has 0 amide bonds. The van der Waals surface area contributed by atoms with E-state index in [1.165, 1.54) is 12.1 Å². The van der Waals surface area contributed by atoms with Crippen molar-refractivity contribution < 1.29 is 9.13 Å². The molecule has 0 atom stereocenters. The van der Waals surface area contributed by atoms with Crippen LogP contribution in [0.15, 0.2) is 42.5 Å². The van der Waals surface area contributed by atoms with Gasteiger partial charge in [-0.05, 0) is 17.7 Å². The third-order valence-electron chi connectivity index (χ3n) is 2.56. The lowest BCUT2D eigenvalue weighted by Gasteiger charge is -2.07. The topological polar surface area (TPSA) is 59.1 Å². The quantitative estimate of drug-likeness (QED) is 0.666. The Morgan fingerprint density at radius 1 is 1.21 bits per heavy atom. The highest BCUT2D eigenvalue weighted by molar-refractivity contribution is 6.30. The molecular weight excluding hydrogens is 267 g/mol. The van der Waals surface area contributed by atoms with Crippen molar-refractivity contribution in [2.45, 2.75) is 6.61 Å². The van der Waals surface area contributed by atoms with E-state index in [0.717, 1.165) is 5.56 Å². The zero-order chi connectivity index (χ0) is 13.8. The maximum absolute atomic E-state index is 13.2. The SMILES string of the molecule is N=C(N)c1ccc(COc2ccc(Cl)c(F)c2)cc1. The third kappa shape index (κ3) is 3.45. The van der Waals surface area contributed by atoms with Gasteiger partial charge in [-0.25, -0.2) is 4.39 Å². The fraction of sp³-hybridized carbons (Fsp3) is 0.0714. The largest absolute Gasteiger partial charge is 0.489 e. The molecule has 2 aromatic rings. The van der Waals surface area contributed by atoms with Gasteiger partial charge in [-0.15, -0.1) is 0 Å². The second-order valence-electron chi connectivity index (χ2n) is 3.98. The Morgan fingerprint density at radius 2 is 1.89 bits per heavy atom. The van der Waals surface area contributed by atoms with Crippen molar-refractivity contribution in [2.24, 2.45) is 5.73 Å². The number of rotatable bonds is 4. The molecule has 3 N–H and O–H groups in total. The van der Waals surface area contributed by atoms with Crippen molar-refractivity contribution in [2.75, 3.05) is 0 Å². The van der Waals surface area contributed by atoms with Gasteiger partial charge in [0.25, 0.3) is 0 Å². The molecule has 0 saturated carbocycles. The first kappa shape index (κ1) is 13.4. The first-order valence-corrected chi connectivity index (χ1v) is 5.95. The van der Waals surface area contributed by atoms with E-state index in [0.29, 0.717) is 17.9 Å². The molecule has 0 aliphatic carbocycles. The molecule has 0 saturated heterocycles. The molecule has 0 heterocycles. The van der Waals surface area contributed by atoms with Crippen LogP contribution < -0.4 is 10.5 Å². The van der Waals surface area contributed by atoms with E-state index in [4.69, 9.17) is 27.5 Å². The third-order valence-corrected chi connectivity index (χ3v) is 2.87. The smallest absolute Gasteiger partial charge is 0.145 e. The Kier molecular flexibility index (Phi) is 4.02. The van der Waals surface area contributed by atoms with E-state index in [2.05, 4.69) is 0 Å². The molecule has 19 heavy (non-hydrogen) atoms. The first-order chi connectivity index (χ1) is 9.06. The Morgan fingerprint density at radius 3 is 2.47 bits per heavy atom. The molecule has 98 valence electrons. The fourth-order valence-corrected chi connectivity index (χ4v) is 1.63. The van der Waals surface area contributed by atoms with Gasteiger partial charge < -0.3 is 10.5 Å². The molecule has 0 aliphatic rings. The predicted octanol–water partition coefficient (Wildman–Crippen LogP) is 3.34. The zero-order valence-electron chi connectivity index (χ0n) is 9.99. The van der Waals surface area contributed by atoms with Crippen LogP contribution in [-0.4, -0.2) is 5.84 Å². The summed E-state index contributed by atoms with van der Waals surface area (Å²) in [5.74, 6) is -0.0733. The molecule has 0 bridgehead atoms. The molecule has 0 spiro atoms. The van der Waals surface area contributed by atoms with Crippen LogP contribution in [0.2, 0.25) is 5.02 Å². The number of nitrogens with two attached hydrogens (primary N) is 1. The zero-order valence-corrected chi connectivity index (χ0v) is 10.7. The lowest BCUT2D eigenvalue weighted by molar-refractivity contribution is 0.304. The Labute approximate surface area is 115 Å². The number of hydrogen-bond donors (Lipinski definition) is 2. The van der Waals surface area contributed by atoms with Gasteiger partial charge in [-0.3, -0.25) is 5.41 Å². The molecule has 5 heteroatoms. The average molecular weight is 279 g/mol.